The molecule has 0 spiro atoms. The van der Waals surface area contributed by atoms with Crippen LogP contribution in [-0.2, 0) is 6.18 Å². The molecule has 0 aromatic carbocycles. The highest BCUT2D eigenvalue weighted by atomic mass is 19.4. The van der Waals surface area contributed by atoms with Crippen LogP contribution in [-0.4, -0.2) is 10.8 Å². The van der Waals surface area contributed by atoms with E-state index in [1.165, 1.54) is 19.3 Å². The molecule has 0 aliphatic rings. The summed E-state index contributed by atoms with van der Waals surface area (Å²) in [6, 6.07) is 2.12. The summed E-state index contributed by atoms with van der Waals surface area (Å²) in [6.07, 6.45) is -1.42. The smallest absolute Gasteiger partial charge is 0.417 e. The minimum absolute atomic E-state index is 0.105. The SMILES string of the molecule is Cc1occc1C(=O)c1cnccc1C(F)(F)F. The second-order valence-electron chi connectivity index (χ2n) is 3.64. The van der Waals surface area contributed by atoms with E-state index in [0.29, 0.717) is 0 Å². The van der Waals surface area contributed by atoms with Gasteiger partial charge in [-0.2, -0.15) is 13.2 Å². The Balaban J connectivity index is 2.53. The predicted molar refractivity (Wildman–Crippen MR) is 56.1 cm³/mol. The second-order valence-corrected chi connectivity index (χ2v) is 3.64. The van der Waals surface area contributed by atoms with Gasteiger partial charge in [-0.3, -0.25) is 9.78 Å². The molecule has 0 N–H and O–H groups in total. The largest absolute Gasteiger partial charge is 0.469 e. The fourth-order valence-electron chi connectivity index (χ4n) is 1.59. The molecule has 2 rings (SSSR count). The molecule has 0 saturated heterocycles. The lowest BCUT2D eigenvalue weighted by atomic mass is 10.0. The van der Waals surface area contributed by atoms with Crippen LogP contribution in [0.3, 0.4) is 0 Å². The van der Waals surface area contributed by atoms with Crippen LogP contribution in [0.2, 0.25) is 0 Å². The monoisotopic (exact) mass is 255 g/mol. The molecular formula is C12H8F3NO2. The van der Waals surface area contributed by atoms with E-state index in [0.717, 1.165) is 18.5 Å². The molecule has 0 atom stereocenters. The average molecular weight is 255 g/mol. The Kier molecular flexibility index (Phi) is 2.94. The normalized spacial score (nSPS) is 11.6. The van der Waals surface area contributed by atoms with Gasteiger partial charge in [0.2, 0.25) is 0 Å². The molecule has 2 aromatic rings. The van der Waals surface area contributed by atoms with Gasteiger partial charge >= 0.3 is 6.18 Å². The molecule has 6 heteroatoms. The van der Waals surface area contributed by atoms with E-state index >= 15 is 0 Å². The number of pyridine rings is 1. The summed E-state index contributed by atoms with van der Waals surface area (Å²) in [5, 5.41) is 0. The molecule has 0 amide bonds. The van der Waals surface area contributed by atoms with Gasteiger partial charge in [0.1, 0.15) is 5.76 Å². The maximum Gasteiger partial charge on any atom is 0.417 e. The van der Waals surface area contributed by atoms with Gasteiger partial charge in [-0.1, -0.05) is 0 Å². The first-order valence-corrected chi connectivity index (χ1v) is 5.01. The number of carbonyl (C=O) groups is 1. The third kappa shape index (κ3) is 2.13. The Morgan fingerprint density at radius 2 is 2.00 bits per heavy atom. The van der Waals surface area contributed by atoms with E-state index in [2.05, 4.69) is 4.98 Å². The molecule has 2 heterocycles. The van der Waals surface area contributed by atoms with Crippen molar-refractivity contribution < 1.29 is 22.4 Å². The van der Waals surface area contributed by atoms with Crippen LogP contribution in [0.4, 0.5) is 13.2 Å². The maximum absolute atomic E-state index is 12.7. The molecule has 94 valence electrons. The minimum Gasteiger partial charge on any atom is -0.469 e. The number of aromatic nitrogens is 1. The molecule has 0 fully saturated rings. The fraction of sp³-hybridized carbons (Fsp3) is 0.167. The predicted octanol–water partition coefficient (Wildman–Crippen LogP) is 3.23. The molecule has 2 aromatic heterocycles. The number of rotatable bonds is 2. The van der Waals surface area contributed by atoms with E-state index in [9.17, 15) is 18.0 Å². The molecule has 0 unspecified atom stereocenters. The van der Waals surface area contributed by atoms with E-state index in [1.54, 1.807) is 0 Å². The van der Waals surface area contributed by atoms with Gasteiger partial charge in [0.05, 0.1) is 23.0 Å². The van der Waals surface area contributed by atoms with Crippen molar-refractivity contribution in [2.75, 3.05) is 0 Å². The summed E-state index contributed by atoms with van der Waals surface area (Å²) in [6.45, 7) is 1.51. The van der Waals surface area contributed by atoms with Crippen molar-refractivity contribution in [3.63, 3.8) is 0 Å². The van der Waals surface area contributed by atoms with Crippen molar-refractivity contribution in [1.82, 2.24) is 4.98 Å². The highest BCUT2D eigenvalue weighted by Gasteiger charge is 2.35. The topological polar surface area (TPSA) is 43.1 Å². The minimum atomic E-state index is -4.59. The quantitative estimate of drug-likeness (QED) is 0.774. The number of furan rings is 1. The number of hydrogen-bond acceptors (Lipinski definition) is 3. The van der Waals surface area contributed by atoms with Crippen molar-refractivity contribution >= 4 is 5.78 Å². The van der Waals surface area contributed by atoms with Crippen molar-refractivity contribution in [2.45, 2.75) is 13.1 Å². The number of nitrogens with zero attached hydrogens (tertiary/aromatic N) is 1. The van der Waals surface area contributed by atoms with Gasteiger partial charge in [-0.05, 0) is 19.1 Å². The van der Waals surface area contributed by atoms with E-state index < -0.39 is 23.1 Å². The molecular weight excluding hydrogens is 247 g/mol. The first-order chi connectivity index (χ1) is 8.41. The van der Waals surface area contributed by atoms with Gasteiger partial charge in [0.25, 0.3) is 0 Å². The first kappa shape index (κ1) is 12.3. The van der Waals surface area contributed by atoms with E-state index in [1.807, 2.05) is 0 Å². The lowest BCUT2D eigenvalue weighted by molar-refractivity contribution is -0.137. The summed E-state index contributed by atoms with van der Waals surface area (Å²) < 4.78 is 43.2. The van der Waals surface area contributed by atoms with Crippen LogP contribution >= 0.6 is 0 Å². The van der Waals surface area contributed by atoms with Gasteiger partial charge < -0.3 is 4.42 Å². The highest BCUT2D eigenvalue weighted by molar-refractivity contribution is 6.10. The van der Waals surface area contributed by atoms with Crippen molar-refractivity contribution in [1.29, 1.82) is 0 Å². The van der Waals surface area contributed by atoms with Gasteiger partial charge in [-0.25, -0.2) is 0 Å². The Morgan fingerprint density at radius 1 is 1.28 bits per heavy atom. The Bertz CT molecular complexity index is 587. The van der Waals surface area contributed by atoms with Crippen LogP contribution in [0.5, 0.6) is 0 Å². The van der Waals surface area contributed by atoms with Crippen LogP contribution in [0.1, 0.15) is 27.2 Å². The molecule has 0 bridgehead atoms. The first-order valence-electron chi connectivity index (χ1n) is 5.01. The summed E-state index contributed by atoms with van der Waals surface area (Å²) in [7, 11) is 0. The summed E-state index contributed by atoms with van der Waals surface area (Å²) in [5.41, 5.74) is -1.37. The molecule has 0 radical (unpaired) electrons. The number of ketones is 1. The Labute approximate surface area is 100 Å². The third-order valence-corrected chi connectivity index (χ3v) is 2.47. The number of aryl methyl sites for hydroxylation is 1. The van der Waals surface area contributed by atoms with Crippen LogP contribution in [0.25, 0.3) is 0 Å². The van der Waals surface area contributed by atoms with Gasteiger partial charge in [0.15, 0.2) is 5.78 Å². The average Bonchev–Trinajstić information content (AvgIpc) is 2.73. The fourth-order valence-corrected chi connectivity index (χ4v) is 1.59. The van der Waals surface area contributed by atoms with Crippen LogP contribution in [0, 0.1) is 6.92 Å². The van der Waals surface area contributed by atoms with Crippen molar-refractivity contribution in [3.8, 4) is 0 Å². The molecule has 0 saturated carbocycles. The second kappa shape index (κ2) is 4.29. The van der Waals surface area contributed by atoms with Gasteiger partial charge in [-0.15, -0.1) is 0 Å². The number of carbonyl (C=O) groups excluding carboxylic acids is 1. The maximum atomic E-state index is 12.7. The zero-order valence-electron chi connectivity index (χ0n) is 9.28. The number of halogens is 3. The highest BCUT2D eigenvalue weighted by Crippen LogP contribution is 2.32. The van der Waals surface area contributed by atoms with Crippen molar-refractivity contribution in [3.05, 3.63) is 53.2 Å². The third-order valence-electron chi connectivity index (χ3n) is 2.47. The van der Waals surface area contributed by atoms with E-state index in [4.69, 9.17) is 4.42 Å². The molecule has 0 aliphatic heterocycles. The molecule has 18 heavy (non-hydrogen) atoms. The number of hydrogen-bond donors (Lipinski definition) is 0. The zero-order chi connectivity index (χ0) is 13.3. The molecule has 3 nitrogen and oxygen atoms in total. The van der Waals surface area contributed by atoms with Gasteiger partial charge in [0, 0.05) is 12.4 Å². The summed E-state index contributed by atoms with van der Waals surface area (Å²) in [5.74, 6) is -0.473. The number of alkyl halides is 3. The Morgan fingerprint density at radius 3 is 2.56 bits per heavy atom. The zero-order valence-corrected chi connectivity index (χ0v) is 9.28. The lowest BCUT2D eigenvalue weighted by Crippen LogP contribution is -2.14. The van der Waals surface area contributed by atoms with Crippen LogP contribution in [0.15, 0.2) is 35.2 Å². The van der Waals surface area contributed by atoms with Crippen LogP contribution < -0.4 is 0 Å². The summed E-state index contributed by atoms with van der Waals surface area (Å²) in [4.78, 5) is 15.6. The lowest BCUT2D eigenvalue weighted by Gasteiger charge is -2.10. The molecule has 0 aliphatic carbocycles. The van der Waals surface area contributed by atoms with Crippen molar-refractivity contribution in [2.24, 2.45) is 0 Å². The Hall–Kier alpha value is -2.11. The summed E-state index contributed by atoms with van der Waals surface area (Å²) >= 11 is 0. The van der Waals surface area contributed by atoms with E-state index in [-0.39, 0.29) is 11.3 Å². The standard InChI is InChI=1S/C12H8F3NO2/c1-7-8(3-5-18-7)11(17)9-6-16-4-2-10(9)12(13,14)15/h2-6H,1H3.